The first-order valence-electron chi connectivity index (χ1n) is 8.78. The van der Waals surface area contributed by atoms with Crippen LogP contribution in [-0.2, 0) is 0 Å². The van der Waals surface area contributed by atoms with Gasteiger partial charge >= 0.3 is 5.69 Å². The van der Waals surface area contributed by atoms with E-state index in [9.17, 15) is 19.3 Å². The summed E-state index contributed by atoms with van der Waals surface area (Å²) < 4.78 is 19.1. The van der Waals surface area contributed by atoms with Crippen LogP contribution in [0.25, 0.3) is 0 Å². The Hall–Kier alpha value is -2.71. The van der Waals surface area contributed by atoms with Gasteiger partial charge in [-0.25, -0.2) is 0 Å². The van der Waals surface area contributed by atoms with Crippen LogP contribution in [0.1, 0.15) is 10.4 Å². The van der Waals surface area contributed by atoms with Crippen LogP contribution in [0.4, 0.5) is 10.1 Å². The van der Waals surface area contributed by atoms with Gasteiger partial charge in [-0.1, -0.05) is 11.6 Å². The van der Waals surface area contributed by atoms with Crippen LogP contribution in [-0.4, -0.2) is 60.0 Å². The van der Waals surface area contributed by atoms with E-state index in [1.807, 2.05) is 0 Å². The summed E-state index contributed by atoms with van der Waals surface area (Å²) in [5, 5.41) is 11.5. The molecule has 1 aliphatic rings. The maximum absolute atomic E-state index is 13.4. The Bertz CT molecular complexity index is 855. The highest BCUT2D eigenvalue weighted by Crippen LogP contribution is 2.20. The Kier molecular flexibility index (Phi) is 6.43. The smallest absolute Gasteiger partial charge is 0.305 e. The fourth-order valence-corrected chi connectivity index (χ4v) is 3.09. The average molecular weight is 408 g/mol. The number of amides is 1. The van der Waals surface area contributed by atoms with Crippen molar-refractivity contribution < 1.29 is 18.8 Å². The zero-order valence-electron chi connectivity index (χ0n) is 15.0. The molecule has 2 aromatic rings. The lowest BCUT2D eigenvalue weighted by Crippen LogP contribution is -2.49. The molecule has 1 amide bonds. The summed E-state index contributed by atoms with van der Waals surface area (Å²) in [6.45, 7) is 3.54. The largest absolute Gasteiger partial charge is 0.492 e. The maximum atomic E-state index is 13.4. The highest BCUT2D eigenvalue weighted by atomic mass is 35.5. The third-order valence-electron chi connectivity index (χ3n) is 4.54. The minimum atomic E-state index is -0.952. The molecule has 9 heteroatoms. The third kappa shape index (κ3) is 4.96. The van der Waals surface area contributed by atoms with Crippen molar-refractivity contribution in [3.8, 4) is 5.75 Å². The van der Waals surface area contributed by atoms with Crippen molar-refractivity contribution in [2.45, 2.75) is 0 Å². The lowest BCUT2D eigenvalue weighted by Gasteiger charge is -2.34. The van der Waals surface area contributed by atoms with E-state index in [-0.39, 0.29) is 11.5 Å². The van der Waals surface area contributed by atoms with Gasteiger partial charge in [-0.2, -0.15) is 4.39 Å². The van der Waals surface area contributed by atoms with Gasteiger partial charge in [0, 0.05) is 49.4 Å². The number of hydrogen-bond acceptors (Lipinski definition) is 5. The molecular weight excluding hydrogens is 389 g/mol. The third-order valence-corrected chi connectivity index (χ3v) is 4.79. The predicted octanol–water partition coefficient (Wildman–Crippen LogP) is 3.22. The zero-order chi connectivity index (χ0) is 20.1. The molecule has 1 fully saturated rings. The summed E-state index contributed by atoms with van der Waals surface area (Å²) in [4.78, 5) is 26.4. The number of piperazine rings is 1. The first-order chi connectivity index (χ1) is 13.4. The minimum Gasteiger partial charge on any atom is -0.492 e. The van der Waals surface area contributed by atoms with Crippen molar-refractivity contribution in [1.82, 2.24) is 9.80 Å². The summed E-state index contributed by atoms with van der Waals surface area (Å²) in [5.74, 6) is -0.539. The second-order valence-corrected chi connectivity index (χ2v) is 6.80. The number of nitro groups is 1. The summed E-state index contributed by atoms with van der Waals surface area (Å²) in [6.07, 6.45) is 0. The van der Waals surface area contributed by atoms with Crippen molar-refractivity contribution in [3.63, 3.8) is 0 Å². The Morgan fingerprint density at radius 2 is 1.82 bits per heavy atom. The van der Waals surface area contributed by atoms with Gasteiger partial charge in [0.25, 0.3) is 5.91 Å². The number of hydrogen-bond donors (Lipinski definition) is 0. The van der Waals surface area contributed by atoms with Gasteiger partial charge in [0.1, 0.15) is 12.4 Å². The Morgan fingerprint density at radius 3 is 2.46 bits per heavy atom. The second kappa shape index (κ2) is 8.99. The van der Waals surface area contributed by atoms with E-state index in [1.165, 1.54) is 6.07 Å². The molecule has 148 valence electrons. The van der Waals surface area contributed by atoms with E-state index in [0.717, 1.165) is 17.9 Å². The van der Waals surface area contributed by atoms with E-state index in [4.69, 9.17) is 16.3 Å². The predicted molar refractivity (Wildman–Crippen MR) is 102 cm³/mol. The van der Waals surface area contributed by atoms with Gasteiger partial charge in [-0.15, -0.1) is 0 Å². The lowest BCUT2D eigenvalue weighted by atomic mass is 10.1. The Morgan fingerprint density at radius 1 is 1.14 bits per heavy atom. The van der Waals surface area contributed by atoms with Gasteiger partial charge in [-0.05, 0) is 36.4 Å². The van der Waals surface area contributed by atoms with Crippen LogP contribution in [0.15, 0.2) is 42.5 Å². The number of nitro benzene ring substituents is 1. The van der Waals surface area contributed by atoms with E-state index >= 15 is 0 Å². The fourth-order valence-electron chi connectivity index (χ4n) is 2.97. The van der Waals surface area contributed by atoms with Crippen LogP contribution in [0.5, 0.6) is 5.75 Å². The quantitative estimate of drug-likeness (QED) is 0.543. The molecule has 0 spiro atoms. The van der Waals surface area contributed by atoms with Gasteiger partial charge in [0.2, 0.25) is 5.82 Å². The highest BCUT2D eigenvalue weighted by molar-refractivity contribution is 6.30. The van der Waals surface area contributed by atoms with Crippen molar-refractivity contribution in [2.75, 3.05) is 39.3 Å². The first kappa shape index (κ1) is 20.0. The van der Waals surface area contributed by atoms with Crippen molar-refractivity contribution in [1.29, 1.82) is 0 Å². The van der Waals surface area contributed by atoms with Crippen LogP contribution in [0.2, 0.25) is 5.02 Å². The SMILES string of the molecule is O=C(c1ccc(F)c([N+](=O)[O-])c1)N1CCN(CCOc2ccc(Cl)cc2)CC1. The fraction of sp³-hybridized carbons (Fsp3) is 0.316. The molecule has 0 aromatic heterocycles. The molecule has 7 nitrogen and oxygen atoms in total. The molecule has 1 saturated heterocycles. The normalized spacial score (nSPS) is 14.7. The van der Waals surface area contributed by atoms with Crippen LogP contribution in [0.3, 0.4) is 0 Å². The molecule has 0 radical (unpaired) electrons. The number of carbonyl (C=O) groups excluding carboxylic acids is 1. The topological polar surface area (TPSA) is 75.9 Å². The second-order valence-electron chi connectivity index (χ2n) is 6.36. The zero-order valence-corrected chi connectivity index (χ0v) is 15.8. The molecule has 0 saturated carbocycles. The molecule has 0 atom stereocenters. The number of benzene rings is 2. The van der Waals surface area contributed by atoms with Crippen LogP contribution < -0.4 is 4.74 Å². The minimum absolute atomic E-state index is 0.118. The summed E-state index contributed by atoms with van der Waals surface area (Å²) in [5.41, 5.74) is -0.573. The Labute approximate surface area is 166 Å². The number of nitrogens with zero attached hydrogens (tertiary/aromatic N) is 3. The molecule has 0 unspecified atom stereocenters. The Balaban J connectivity index is 1.48. The molecule has 1 aliphatic heterocycles. The van der Waals surface area contributed by atoms with Crippen LogP contribution >= 0.6 is 11.6 Å². The van der Waals surface area contributed by atoms with Crippen LogP contribution in [0, 0.1) is 15.9 Å². The monoisotopic (exact) mass is 407 g/mol. The van der Waals surface area contributed by atoms with E-state index in [1.54, 1.807) is 29.2 Å². The molecule has 28 heavy (non-hydrogen) atoms. The molecule has 0 aliphatic carbocycles. The van der Waals surface area contributed by atoms with Gasteiger partial charge in [-0.3, -0.25) is 19.8 Å². The van der Waals surface area contributed by atoms with Gasteiger partial charge in [0.15, 0.2) is 0 Å². The number of ether oxygens (including phenoxy) is 1. The number of halogens is 2. The summed E-state index contributed by atoms with van der Waals surface area (Å²) >= 11 is 5.83. The van der Waals surface area contributed by atoms with E-state index in [0.29, 0.717) is 44.4 Å². The average Bonchev–Trinajstić information content (AvgIpc) is 2.69. The van der Waals surface area contributed by atoms with E-state index < -0.39 is 16.4 Å². The number of carbonyl (C=O) groups is 1. The summed E-state index contributed by atoms with van der Waals surface area (Å²) in [6, 6.07) is 10.4. The molecule has 2 aromatic carbocycles. The molecule has 0 N–H and O–H groups in total. The van der Waals surface area contributed by atoms with Crippen molar-refractivity contribution in [3.05, 3.63) is 69.0 Å². The van der Waals surface area contributed by atoms with Gasteiger partial charge in [0.05, 0.1) is 4.92 Å². The molecular formula is C19H19ClFN3O4. The lowest BCUT2D eigenvalue weighted by molar-refractivity contribution is -0.387. The van der Waals surface area contributed by atoms with E-state index in [2.05, 4.69) is 4.90 Å². The number of rotatable bonds is 6. The highest BCUT2D eigenvalue weighted by Gasteiger charge is 2.24. The standard InChI is InChI=1S/C19H19ClFN3O4/c20-15-2-4-16(5-3-15)28-12-11-22-7-9-23(10-8-22)19(25)14-1-6-17(21)18(13-14)24(26)27/h1-6,13H,7-12H2. The van der Waals surface area contributed by atoms with Gasteiger partial charge < -0.3 is 9.64 Å². The molecule has 1 heterocycles. The molecule has 3 rings (SSSR count). The summed E-state index contributed by atoms with van der Waals surface area (Å²) in [7, 11) is 0. The first-order valence-corrected chi connectivity index (χ1v) is 9.16. The van der Waals surface area contributed by atoms with Crippen molar-refractivity contribution >= 4 is 23.2 Å². The molecule has 0 bridgehead atoms. The maximum Gasteiger partial charge on any atom is 0.305 e. The van der Waals surface area contributed by atoms with Crippen molar-refractivity contribution in [2.24, 2.45) is 0 Å².